The van der Waals surface area contributed by atoms with Crippen LogP contribution in [0.4, 0.5) is 0 Å². The van der Waals surface area contributed by atoms with Gasteiger partial charge >= 0.3 is 0 Å². The summed E-state index contributed by atoms with van der Waals surface area (Å²) < 4.78 is 21.6. The first kappa shape index (κ1) is 9.74. The van der Waals surface area contributed by atoms with E-state index in [2.05, 4.69) is 6.58 Å². The van der Waals surface area contributed by atoms with Gasteiger partial charge in [-0.15, -0.1) is 6.58 Å². The molecule has 1 aliphatic rings. The topological polar surface area (TPSA) is 60.2 Å². The molecule has 0 spiro atoms. The number of sulfonamides is 1. The van der Waals surface area contributed by atoms with Gasteiger partial charge in [0.1, 0.15) is 0 Å². The minimum Gasteiger partial charge on any atom is -0.229 e. The third-order valence-corrected chi connectivity index (χ3v) is 3.10. The SMILES string of the molecule is C=CCC(CS(N)(=O)=O)C1CC1. The molecule has 0 amide bonds. The Morgan fingerprint density at radius 2 is 2.17 bits per heavy atom. The van der Waals surface area contributed by atoms with Gasteiger partial charge in [0, 0.05) is 0 Å². The molecule has 0 heterocycles. The second kappa shape index (κ2) is 3.58. The summed E-state index contributed by atoms with van der Waals surface area (Å²) in [5.41, 5.74) is 0. The second-order valence-electron chi connectivity index (χ2n) is 3.45. The van der Waals surface area contributed by atoms with Gasteiger partial charge in [-0.05, 0) is 31.1 Å². The Hall–Kier alpha value is -0.350. The normalized spacial score (nSPS) is 20.4. The van der Waals surface area contributed by atoms with Crippen molar-refractivity contribution in [1.29, 1.82) is 0 Å². The molecular formula is C8H15NO2S. The molecule has 1 rings (SSSR count). The van der Waals surface area contributed by atoms with Crippen LogP contribution in [0.25, 0.3) is 0 Å². The summed E-state index contributed by atoms with van der Waals surface area (Å²) in [6.07, 6.45) is 4.83. The van der Waals surface area contributed by atoms with Gasteiger partial charge in [-0.25, -0.2) is 13.6 Å². The minimum absolute atomic E-state index is 0.115. The summed E-state index contributed by atoms with van der Waals surface area (Å²) in [7, 11) is -3.30. The summed E-state index contributed by atoms with van der Waals surface area (Å²) in [6, 6.07) is 0. The Morgan fingerprint density at radius 3 is 2.50 bits per heavy atom. The van der Waals surface area contributed by atoms with E-state index in [1.807, 2.05) is 0 Å². The zero-order valence-electron chi connectivity index (χ0n) is 7.07. The molecule has 0 saturated heterocycles. The Balaban J connectivity index is 2.48. The summed E-state index contributed by atoms with van der Waals surface area (Å²) >= 11 is 0. The van der Waals surface area contributed by atoms with E-state index in [-0.39, 0.29) is 11.7 Å². The minimum atomic E-state index is -3.30. The first-order chi connectivity index (χ1) is 5.53. The molecule has 12 heavy (non-hydrogen) atoms. The maximum atomic E-state index is 10.8. The third kappa shape index (κ3) is 3.36. The first-order valence-corrected chi connectivity index (χ1v) is 5.86. The highest BCUT2D eigenvalue weighted by Crippen LogP contribution is 2.39. The fourth-order valence-electron chi connectivity index (χ4n) is 1.48. The van der Waals surface area contributed by atoms with Gasteiger partial charge in [0.15, 0.2) is 0 Å². The molecule has 1 atom stereocenters. The largest absolute Gasteiger partial charge is 0.229 e. The van der Waals surface area contributed by atoms with E-state index in [4.69, 9.17) is 5.14 Å². The summed E-state index contributed by atoms with van der Waals surface area (Å²) in [5.74, 6) is 0.891. The van der Waals surface area contributed by atoms with E-state index in [9.17, 15) is 8.42 Å². The fraction of sp³-hybridized carbons (Fsp3) is 0.750. The van der Waals surface area contributed by atoms with Crippen LogP contribution in [0.5, 0.6) is 0 Å². The smallest absolute Gasteiger partial charge is 0.209 e. The number of allylic oxidation sites excluding steroid dienone is 1. The predicted molar refractivity (Wildman–Crippen MR) is 49.0 cm³/mol. The molecule has 1 unspecified atom stereocenters. The zero-order chi connectivity index (χ0) is 9.19. The van der Waals surface area contributed by atoms with Crippen molar-refractivity contribution in [3.8, 4) is 0 Å². The molecule has 1 fully saturated rings. The monoisotopic (exact) mass is 189 g/mol. The Morgan fingerprint density at radius 1 is 1.58 bits per heavy atom. The predicted octanol–water partition coefficient (Wildman–Crippen LogP) is 0.877. The van der Waals surface area contributed by atoms with Crippen molar-refractivity contribution >= 4 is 10.0 Å². The van der Waals surface area contributed by atoms with E-state index >= 15 is 0 Å². The van der Waals surface area contributed by atoms with E-state index in [0.717, 1.165) is 19.3 Å². The molecule has 0 radical (unpaired) electrons. The van der Waals surface area contributed by atoms with Crippen LogP contribution in [-0.4, -0.2) is 14.2 Å². The summed E-state index contributed by atoms with van der Waals surface area (Å²) in [6.45, 7) is 3.61. The molecule has 0 aliphatic heterocycles. The Labute approximate surface area is 73.7 Å². The lowest BCUT2D eigenvalue weighted by Gasteiger charge is -2.11. The number of rotatable bonds is 5. The van der Waals surface area contributed by atoms with Crippen LogP contribution in [0.1, 0.15) is 19.3 Å². The van der Waals surface area contributed by atoms with Crippen LogP contribution < -0.4 is 5.14 Å². The molecule has 0 bridgehead atoms. The van der Waals surface area contributed by atoms with Crippen molar-refractivity contribution < 1.29 is 8.42 Å². The maximum Gasteiger partial charge on any atom is 0.209 e. The van der Waals surface area contributed by atoms with Gasteiger partial charge < -0.3 is 0 Å². The van der Waals surface area contributed by atoms with Crippen molar-refractivity contribution in [3.63, 3.8) is 0 Å². The highest BCUT2D eigenvalue weighted by atomic mass is 32.2. The standard InChI is InChI=1S/C8H15NO2S/c1-2-3-8(7-4-5-7)6-12(9,10)11/h2,7-8H,1,3-6H2,(H2,9,10,11). The lowest BCUT2D eigenvalue weighted by Crippen LogP contribution is -2.23. The molecule has 0 aromatic rings. The lowest BCUT2D eigenvalue weighted by atomic mass is 10.0. The van der Waals surface area contributed by atoms with Crippen molar-refractivity contribution in [3.05, 3.63) is 12.7 Å². The average molecular weight is 189 g/mol. The number of nitrogens with two attached hydrogens (primary N) is 1. The molecule has 70 valence electrons. The van der Waals surface area contributed by atoms with E-state index in [1.54, 1.807) is 6.08 Å². The van der Waals surface area contributed by atoms with Gasteiger partial charge in [0.2, 0.25) is 10.0 Å². The summed E-state index contributed by atoms with van der Waals surface area (Å²) in [4.78, 5) is 0. The molecule has 3 nitrogen and oxygen atoms in total. The molecule has 2 N–H and O–H groups in total. The molecule has 1 saturated carbocycles. The van der Waals surface area contributed by atoms with E-state index < -0.39 is 10.0 Å². The van der Waals surface area contributed by atoms with Crippen molar-refractivity contribution in [2.75, 3.05) is 5.75 Å². The average Bonchev–Trinajstić information content (AvgIpc) is 2.63. The van der Waals surface area contributed by atoms with E-state index in [1.165, 1.54) is 0 Å². The third-order valence-electron chi connectivity index (χ3n) is 2.20. The first-order valence-electron chi connectivity index (χ1n) is 4.14. The molecular weight excluding hydrogens is 174 g/mol. The van der Waals surface area contributed by atoms with Crippen molar-refractivity contribution in [1.82, 2.24) is 0 Å². The van der Waals surface area contributed by atoms with Crippen LogP contribution in [0.15, 0.2) is 12.7 Å². The zero-order valence-corrected chi connectivity index (χ0v) is 7.89. The van der Waals surface area contributed by atoms with Gasteiger partial charge in [0.25, 0.3) is 0 Å². The number of hydrogen-bond acceptors (Lipinski definition) is 2. The maximum absolute atomic E-state index is 10.8. The fourth-order valence-corrected chi connectivity index (χ4v) is 2.48. The summed E-state index contributed by atoms with van der Waals surface area (Å²) in [5, 5.41) is 4.97. The van der Waals surface area contributed by atoms with Crippen LogP contribution in [-0.2, 0) is 10.0 Å². The number of primary sulfonamides is 1. The van der Waals surface area contributed by atoms with Crippen LogP contribution in [0.3, 0.4) is 0 Å². The molecule has 4 heteroatoms. The van der Waals surface area contributed by atoms with E-state index in [0.29, 0.717) is 5.92 Å². The van der Waals surface area contributed by atoms with Gasteiger partial charge in [-0.2, -0.15) is 0 Å². The lowest BCUT2D eigenvalue weighted by molar-refractivity contribution is 0.504. The molecule has 0 aromatic heterocycles. The van der Waals surface area contributed by atoms with Crippen LogP contribution in [0, 0.1) is 11.8 Å². The van der Waals surface area contributed by atoms with Crippen molar-refractivity contribution in [2.45, 2.75) is 19.3 Å². The van der Waals surface area contributed by atoms with Gasteiger partial charge in [-0.1, -0.05) is 6.08 Å². The van der Waals surface area contributed by atoms with Crippen LogP contribution >= 0.6 is 0 Å². The molecule has 1 aliphatic carbocycles. The van der Waals surface area contributed by atoms with Gasteiger partial charge in [0.05, 0.1) is 5.75 Å². The Kier molecular flexibility index (Phi) is 2.90. The molecule has 0 aromatic carbocycles. The highest BCUT2D eigenvalue weighted by Gasteiger charge is 2.32. The van der Waals surface area contributed by atoms with Gasteiger partial charge in [-0.3, -0.25) is 0 Å². The Bertz CT molecular complexity index is 254. The quantitative estimate of drug-likeness (QED) is 0.652. The second-order valence-corrected chi connectivity index (χ2v) is 5.11. The van der Waals surface area contributed by atoms with Crippen molar-refractivity contribution in [2.24, 2.45) is 17.0 Å². The highest BCUT2D eigenvalue weighted by molar-refractivity contribution is 7.89. The van der Waals surface area contributed by atoms with Crippen LogP contribution in [0.2, 0.25) is 0 Å². The number of hydrogen-bond donors (Lipinski definition) is 1.